The van der Waals surface area contributed by atoms with Crippen LogP contribution in [0.1, 0.15) is 41.1 Å². The lowest BCUT2D eigenvalue weighted by molar-refractivity contribution is -0.116. The number of aryl methyl sites for hydroxylation is 1. The fraction of sp³-hybridized carbons (Fsp3) is 0.233. The smallest absolute Gasteiger partial charge is 0.226 e. The molecule has 1 fully saturated rings. The largest absolute Gasteiger partial charge is 0.506 e. The zero-order valence-corrected chi connectivity index (χ0v) is 22.9. The van der Waals surface area contributed by atoms with Crippen LogP contribution in [0.25, 0.3) is 5.69 Å². The number of benzene rings is 2. The minimum atomic E-state index is -0.214. The molecule has 4 aromatic rings. The Kier molecular flexibility index (Phi) is 7.51. The Hall–Kier alpha value is -4.37. The summed E-state index contributed by atoms with van der Waals surface area (Å²) in [6.45, 7) is 4.46. The van der Waals surface area contributed by atoms with Gasteiger partial charge in [0.1, 0.15) is 11.5 Å². The standard InChI is InChI=1S/C30H31N5O3S/c1-19-18-21(20(2)35(19)24-12-5-6-13-25(24)36)29-28(23-11-8-9-16-31-23)33-30(39)34(29)17-15-27(37)32-22-10-4-7-14-26(22)38-3/h4-14,16,18,28-29,36H,15,17H2,1-3H3,(H,32,37)(H,33,39)/t28-,29-/m1/s1. The molecule has 0 spiro atoms. The number of rotatable bonds is 8. The van der Waals surface area contributed by atoms with Gasteiger partial charge < -0.3 is 29.9 Å². The number of aromatic nitrogens is 2. The molecule has 2 aromatic carbocycles. The molecule has 2 atom stereocenters. The van der Waals surface area contributed by atoms with Gasteiger partial charge in [-0.05, 0) is 74.1 Å². The number of aromatic hydroxyl groups is 1. The molecule has 3 N–H and O–H groups in total. The van der Waals surface area contributed by atoms with Crippen molar-refractivity contribution in [2.24, 2.45) is 0 Å². The van der Waals surface area contributed by atoms with Crippen molar-refractivity contribution in [1.29, 1.82) is 0 Å². The van der Waals surface area contributed by atoms with E-state index in [1.165, 1.54) is 0 Å². The highest BCUT2D eigenvalue weighted by Crippen LogP contribution is 2.42. The molecule has 1 amide bonds. The third kappa shape index (κ3) is 5.18. The van der Waals surface area contributed by atoms with Crippen molar-refractivity contribution in [3.63, 3.8) is 0 Å². The average molecular weight is 542 g/mol. The molecule has 5 rings (SSSR count). The number of para-hydroxylation sites is 4. The van der Waals surface area contributed by atoms with Gasteiger partial charge in [-0.1, -0.05) is 30.3 Å². The number of nitrogens with zero attached hydrogens (tertiary/aromatic N) is 3. The molecule has 8 nitrogen and oxygen atoms in total. The number of phenolic OH excluding ortho intramolecular Hbond substituents is 1. The van der Waals surface area contributed by atoms with E-state index in [0.29, 0.717) is 28.8 Å². The Balaban J connectivity index is 1.47. The van der Waals surface area contributed by atoms with Crippen LogP contribution < -0.4 is 15.4 Å². The monoisotopic (exact) mass is 541 g/mol. The second-order valence-electron chi connectivity index (χ2n) is 9.47. The molecule has 200 valence electrons. The highest BCUT2D eigenvalue weighted by Gasteiger charge is 2.41. The number of carbonyl (C=O) groups is 1. The number of hydrogen-bond donors (Lipinski definition) is 3. The third-order valence-electron chi connectivity index (χ3n) is 7.07. The maximum atomic E-state index is 13.0. The number of phenols is 1. The van der Waals surface area contributed by atoms with Crippen LogP contribution in [0, 0.1) is 13.8 Å². The number of hydrogen-bond acceptors (Lipinski definition) is 5. The molecule has 2 aromatic heterocycles. The Morgan fingerprint density at radius 2 is 1.85 bits per heavy atom. The minimum absolute atomic E-state index is 0.137. The summed E-state index contributed by atoms with van der Waals surface area (Å²) in [6, 6.07) is 22.1. The Bertz CT molecular complexity index is 1500. The molecule has 9 heteroatoms. The van der Waals surface area contributed by atoms with Crippen LogP contribution in [0.2, 0.25) is 0 Å². The summed E-state index contributed by atoms with van der Waals surface area (Å²) >= 11 is 5.80. The van der Waals surface area contributed by atoms with Crippen molar-refractivity contribution in [2.45, 2.75) is 32.4 Å². The maximum absolute atomic E-state index is 13.0. The summed E-state index contributed by atoms with van der Waals surface area (Å²) in [5, 5.41) is 17.6. The van der Waals surface area contributed by atoms with Gasteiger partial charge in [0, 0.05) is 30.6 Å². The molecule has 0 unspecified atom stereocenters. The quantitative estimate of drug-likeness (QED) is 0.264. The van der Waals surface area contributed by atoms with Crippen LogP contribution >= 0.6 is 12.2 Å². The van der Waals surface area contributed by atoms with E-state index in [1.54, 1.807) is 19.4 Å². The molecule has 0 saturated carbocycles. The number of anilines is 1. The Morgan fingerprint density at radius 1 is 1.10 bits per heavy atom. The zero-order chi connectivity index (χ0) is 27.5. The number of carbonyl (C=O) groups excluding carboxylic acids is 1. The van der Waals surface area contributed by atoms with Crippen LogP contribution in [0.15, 0.2) is 79.0 Å². The van der Waals surface area contributed by atoms with Gasteiger partial charge in [-0.25, -0.2) is 0 Å². The van der Waals surface area contributed by atoms with Crippen molar-refractivity contribution < 1.29 is 14.6 Å². The molecule has 0 aliphatic carbocycles. The SMILES string of the molecule is COc1ccccc1NC(=O)CCN1C(=S)N[C@H](c2ccccn2)[C@H]1c1cc(C)n(-c2ccccc2O)c1C. The molecule has 39 heavy (non-hydrogen) atoms. The molecular weight excluding hydrogens is 510 g/mol. The summed E-state index contributed by atoms with van der Waals surface area (Å²) in [5.74, 6) is 0.674. The van der Waals surface area contributed by atoms with E-state index in [4.69, 9.17) is 17.0 Å². The lowest BCUT2D eigenvalue weighted by Gasteiger charge is -2.28. The van der Waals surface area contributed by atoms with Crippen LogP contribution in [0.3, 0.4) is 0 Å². The summed E-state index contributed by atoms with van der Waals surface area (Å²) < 4.78 is 7.42. The topological polar surface area (TPSA) is 91.7 Å². The van der Waals surface area contributed by atoms with Gasteiger partial charge in [-0.15, -0.1) is 0 Å². The first-order valence-corrected chi connectivity index (χ1v) is 13.2. The number of pyridine rings is 1. The van der Waals surface area contributed by atoms with Gasteiger partial charge in [-0.2, -0.15) is 0 Å². The predicted octanol–water partition coefficient (Wildman–Crippen LogP) is 5.20. The van der Waals surface area contributed by atoms with Crippen LogP contribution in [-0.2, 0) is 4.79 Å². The highest BCUT2D eigenvalue weighted by molar-refractivity contribution is 7.80. The molecule has 1 aliphatic rings. The van der Waals surface area contributed by atoms with E-state index in [2.05, 4.69) is 26.6 Å². The minimum Gasteiger partial charge on any atom is -0.506 e. The second-order valence-corrected chi connectivity index (χ2v) is 9.86. The van der Waals surface area contributed by atoms with E-state index < -0.39 is 0 Å². The van der Waals surface area contributed by atoms with Crippen LogP contribution in [0.4, 0.5) is 5.69 Å². The lowest BCUT2D eigenvalue weighted by atomic mass is 9.96. The van der Waals surface area contributed by atoms with Gasteiger partial charge in [0.2, 0.25) is 5.91 Å². The number of nitrogens with one attached hydrogen (secondary N) is 2. The molecular formula is C30H31N5O3S. The van der Waals surface area contributed by atoms with E-state index in [0.717, 1.165) is 22.6 Å². The van der Waals surface area contributed by atoms with Crippen molar-refractivity contribution in [3.8, 4) is 17.2 Å². The third-order valence-corrected chi connectivity index (χ3v) is 7.42. The molecule has 3 heterocycles. The Morgan fingerprint density at radius 3 is 2.59 bits per heavy atom. The summed E-state index contributed by atoms with van der Waals surface area (Å²) in [7, 11) is 1.58. The average Bonchev–Trinajstić information content (AvgIpc) is 3.42. The maximum Gasteiger partial charge on any atom is 0.226 e. The molecule has 0 radical (unpaired) electrons. The van der Waals surface area contributed by atoms with Gasteiger partial charge in [0.05, 0.1) is 36.3 Å². The lowest BCUT2D eigenvalue weighted by Crippen LogP contribution is -2.33. The van der Waals surface area contributed by atoms with E-state index in [9.17, 15) is 9.90 Å². The number of thiocarbonyl (C=S) groups is 1. The van der Waals surface area contributed by atoms with Crippen LogP contribution in [0.5, 0.6) is 11.5 Å². The fourth-order valence-corrected chi connectivity index (χ4v) is 5.61. The number of methoxy groups -OCH3 is 1. The van der Waals surface area contributed by atoms with Crippen LogP contribution in [-0.4, -0.2) is 44.2 Å². The fourth-order valence-electron chi connectivity index (χ4n) is 5.28. The first-order valence-electron chi connectivity index (χ1n) is 12.8. The van der Waals surface area contributed by atoms with Gasteiger partial charge >= 0.3 is 0 Å². The zero-order valence-electron chi connectivity index (χ0n) is 22.1. The van der Waals surface area contributed by atoms with Crippen molar-refractivity contribution >= 4 is 28.9 Å². The van der Waals surface area contributed by atoms with E-state index in [-0.39, 0.29) is 30.2 Å². The van der Waals surface area contributed by atoms with Gasteiger partial charge in [0.15, 0.2) is 5.11 Å². The number of amides is 1. The summed E-state index contributed by atoms with van der Waals surface area (Å²) in [5.41, 5.74) is 5.21. The summed E-state index contributed by atoms with van der Waals surface area (Å²) in [4.78, 5) is 19.7. The Labute approximate surface area is 233 Å². The van der Waals surface area contributed by atoms with Crippen molar-refractivity contribution in [1.82, 2.24) is 19.8 Å². The number of ether oxygens (including phenoxy) is 1. The molecule has 1 saturated heterocycles. The molecule has 0 bridgehead atoms. The predicted molar refractivity (Wildman–Crippen MR) is 155 cm³/mol. The van der Waals surface area contributed by atoms with Gasteiger partial charge in [0.25, 0.3) is 0 Å². The normalized spacial score (nSPS) is 16.7. The van der Waals surface area contributed by atoms with E-state index in [1.807, 2.05) is 79.1 Å². The van der Waals surface area contributed by atoms with Crippen molar-refractivity contribution in [2.75, 3.05) is 19.0 Å². The van der Waals surface area contributed by atoms with Crippen molar-refractivity contribution in [3.05, 3.63) is 102 Å². The highest BCUT2D eigenvalue weighted by atomic mass is 32.1. The summed E-state index contributed by atoms with van der Waals surface area (Å²) in [6.07, 6.45) is 2.00. The first kappa shape index (κ1) is 26.2. The molecule has 1 aliphatic heterocycles. The van der Waals surface area contributed by atoms with Gasteiger partial charge in [-0.3, -0.25) is 9.78 Å². The van der Waals surface area contributed by atoms with E-state index >= 15 is 0 Å². The second kappa shape index (κ2) is 11.2. The first-order chi connectivity index (χ1) is 18.9.